The molecule has 2 aromatic carbocycles. The summed E-state index contributed by atoms with van der Waals surface area (Å²) in [5, 5.41) is 6.98. The van der Waals surface area contributed by atoms with Gasteiger partial charge in [-0.15, -0.1) is 0 Å². The molecule has 0 unspecified atom stereocenters. The van der Waals surface area contributed by atoms with Gasteiger partial charge in [0.2, 0.25) is 11.8 Å². The standard InChI is InChI=1S/C23H26N4O2S/c28-21-7-3-13-26(21)16-18-6-2-1-5-17(18)15-24-23(30)25-19-9-11-20(12-10-19)27-14-4-8-22(27)29/h1-2,5-6,9-12H,3-4,7-8,13-16H2,(H2,24,25,30). The lowest BCUT2D eigenvalue weighted by atomic mass is 10.1. The van der Waals surface area contributed by atoms with Crippen LogP contribution < -0.4 is 15.5 Å². The monoisotopic (exact) mass is 422 g/mol. The second kappa shape index (κ2) is 9.26. The summed E-state index contributed by atoms with van der Waals surface area (Å²) in [5.41, 5.74) is 4.07. The SMILES string of the molecule is O=C1CCCN1Cc1ccccc1CNC(=S)Nc1ccc(N2CCCC2=O)cc1. The maximum atomic E-state index is 11.9. The van der Waals surface area contributed by atoms with Gasteiger partial charge < -0.3 is 20.4 Å². The van der Waals surface area contributed by atoms with Crippen LogP contribution in [0.3, 0.4) is 0 Å². The summed E-state index contributed by atoms with van der Waals surface area (Å²) < 4.78 is 0. The number of thiocarbonyl (C=S) groups is 1. The fraction of sp³-hybridized carbons (Fsp3) is 0.348. The summed E-state index contributed by atoms with van der Waals surface area (Å²) >= 11 is 5.45. The van der Waals surface area contributed by atoms with E-state index in [0.717, 1.165) is 48.4 Å². The maximum absolute atomic E-state index is 11.9. The Bertz CT molecular complexity index is 944. The van der Waals surface area contributed by atoms with Crippen LogP contribution in [0.15, 0.2) is 48.5 Å². The zero-order valence-corrected chi connectivity index (χ0v) is 17.7. The van der Waals surface area contributed by atoms with Crippen molar-refractivity contribution >= 4 is 40.5 Å². The van der Waals surface area contributed by atoms with Gasteiger partial charge in [0.05, 0.1) is 0 Å². The third kappa shape index (κ3) is 4.79. The summed E-state index contributed by atoms with van der Waals surface area (Å²) in [6.45, 7) is 2.85. The van der Waals surface area contributed by atoms with Crippen LogP contribution >= 0.6 is 12.2 Å². The highest BCUT2D eigenvalue weighted by atomic mass is 32.1. The third-order valence-corrected chi connectivity index (χ3v) is 5.85. The lowest BCUT2D eigenvalue weighted by Crippen LogP contribution is -2.29. The average Bonchev–Trinajstić information content (AvgIpc) is 3.36. The first-order valence-electron chi connectivity index (χ1n) is 10.4. The molecule has 0 aromatic heterocycles. The molecule has 0 radical (unpaired) electrons. The molecule has 4 rings (SSSR count). The van der Waals surface area contributed by atoms with Gasteiger partial charge in [0.25, 0.3) is 0 Å². The molecule has 0 atom stereocenters. The van der Waals surface area contributed by atoms with Crippen molar-refractivity contribution in [2.45, 2.75) is 38.8 Å². The Kier molecular flexibility index (Phi) is 6.28. The molecular weight excluding hydrogens is 396 g/mol. The topological polar surface area (TPSA) is 64.7 Å². The highest BCUT2D eigenvalue weighted by Gasteiger charge is 2.22. The Morgan fingerprint density at radius 1 is 0.900 bits per heavy atom. The highest BCUT2D eigenvalue weighted by molar-refractivity contribution is 7.80. The van der Waals surface area contributed by atoms with Gasteiger partial charge in [-0.3, -0.25) is 9.59 Å². The molecule has 7 heteroatoms. The highest BCUT2D eigenvalue weighted by Crippen LogP contribution is 2.23. The number of nitrogens with zero attached hydrogens (tertiary/aromatic N) is 2. The zero-order valence-electron chi connectivity index (χ0n) is 16.9. The van der Waals surface area contributed by atoms with Crippen molar-refractivity contribution < 1.29 is 9.59 Å². The normalized spacial score (nSPS) is 16.3. The molecule has 2 aliphatic rings. The van der Waals surface area contributed by atoms with E-state index in [1.54, 1.807) is 0 Å². The number of hydrogen-bond donors (Lipinski definition) is 2. The van der Waals surface area contributed by atoms with Crippen LogP contribution in [0, 0.1) is 0 Å². The Labute approximate surface area is 182 Å². The summed E-state index contributed by atoms with van der Waals surface area (Å²) in [7, 11) is 0. The molecular formula is C23H26N4O2S. The van der Waals surface area contributed by atoms with Crippen LogP contribution in [0.5, 0.6) is 0 Å². The van der Waals surface area contributed by atoms with Crippen LogP contribution in [-0.2, 0) is 22.7 Å². The largest absolute Gasteiger partial charge is 0.358 e. The first-order valence-corrected chi connectivity index (χ1v) is 10.8. The van der Waals surface area contributed by atoms with E-state index in [1.165, 1.54) is 0 Å². The van der Waals surface area contributed by atoms with Crippen molar-refractivity contribution in [3.05, 3.63) is 59.7 Å². The van der Waals surface area contributed by atoms with Gasteiger partial charge in [-0.05, 0) is 60.5 Å². The molecule has 2 heterocycles. The number of carbonyl (C=O) groups excluding carboxylic acids is 2. The second-order valence-electron chi connectivity index (χ2n) is 7.69. The molecule has 2 saturated heterocycles. The minimum atomic E-state index is 0.183. The lowest BCUT2D eigenvalue weighted by molar-refractivity contribution is -0.128. The molecule has 2 amide bonds. The van der Waals surface area contributed by atoms with E-state index >= 15 is 0 Å². The molecule has 6 nitrogen and oxygen atoms in total. The van der Waals surface area contributed by atoms with Crippen LogP contribution in [0.25, 0.3) is 0 Å². The summed E-state index contributed by atoms with van der Waals surface area (Å²) in [6.07, 6.45) is 3.14. The molecule has 2 fully saturated rings. The number of likely N-dealkylation sites (tertiary alicyclic amines) is 1. The minimum absolute atomic E-state index is 0.183. The molecule has 0 saturated carbocycles. The van der Waals surface area contributed by atoms with Gasteiger partial charge in [0, 0.05) is 50.4 Å². The van der Waals surface area contributed by atoms with Crippen molar-refractivity contribution in [3.8, 4) is 0 Å². The lowest BCUT2D eigenvalue weighted by Gasteiger charge is -2.19. The van der Waals surface area contributed by atoms with Gasteiger partial charge >= 0.3 is 0 Å². The van der Waals surface area contributed by atoms with E-state index in [2.05, 4.69) is 22.8 Å². The summed E-state index contributed by atoms with van der Waals surface area (Å²) in [6, 6.07) is 15.9. The summed E-state index contributed by atoms with van der Waals surface area (Å²) in [5.74, 6) is 0.413. The van der Waals surface area contributed by atoms with E-state index in [0.29, 0.717) is 31.0 Å². The van der Waals surface area contributed by atoms with Gasteiger partial charge in [-0.2, -0.15) is 0 Å². The molecule has 0 bridgehead atoms. The van der Waals surface area contributed by atoms with E-state index < -0.39 is 0 Å². The average molecular weight is 423 g/mol. The second-order valence-corrected chi connectivity index (χ2v) is 8.10. The number of nitrogens with one attached hydrogen (secondary N) is 2. The third-order valence-electron chi connectivity index (χ3n) is 5.60. The van der Waals surface area contributed by atoms with E-state index in [4.69, 9.17) is 12.2 Å². The number of carbonyl (C=O) groups is 2. The van der Waals surface area contributed by atoms with Crippen molar-refractivity contribution in [2.24, 2.45) is 0 Å². The van der Waals surface area contributed by atoms with Crippen molar-refractivity contribution in [3.63, 3.8) is 0 Å². The van der Waals surface area contributed by atoms with Crippen molar-refractivity contribution in [1.29, 1.82) is 0 Å². The van der Waals surface area contributed by atoms with Gasteiger partial charge in [0.1, 0.15) is 0 Å². The number of rotatable bonds is 6. The first-order chi connectivity index (χ1) is 14.6. The number of amides is 2. The predicted octanol–water partition coefficient (Wildman–Crippen LogP) is 3.42. The van der Waals surface area contributed by atoms with Crippen molar-refractivity contribution in [1.82, 2.24) is 10.2 Å². The van der Waals surface area contributed by atoms with Gasteiger partial charge in [-0.1, -0.05) is 24.3 Å². The van der Waals surface area contributed by atoms with Crippen LogP contribution in [-0.4, -0.2) is 34.9 Å². The number of anilines is 2. The molecule has 2 N–H and O–H groups in total. The molecule has 2 aliphatic heterocycles. The van der Waals surface area contributed by atoms with Gasteiger partial charge in [-0.25, -0.2) is 0 Å². The Balaban J connectivity index is 1.32. The van der Waals surface area contributed by atoms with E-state index in [9.17, 15) is 9.59 Å². The Morgan fingerprint density at radius 3 is 2.27 bits per heavy atom. The number of benzene rings is 2. The molecule has 0 aliphatic carbocycles. The van der Waals surface area contributed by atoms with E-state index in [1.807, 2.05) is 46.2 Å². The quantitative estimate of drug-likeness (QED) is 0.699. The molecule has 156 valence electrons. The predicted molar refractivity (Wildman–Crippen MR) is 122 cm³/mol. The minimum Gasteiger partial charge on any atom is -0.358 e. The Hall–Kier alpha value is -2.93. The Morgan fingerprint density at radius 2 is 1.60 bits per heavy atom. The molecule has 2 aromatic rings. The summed E-state index contributed by atoms with van der Waals surface area (Å²) in [4.78, 5) is 27.6. The molecule has 30 heavy (non-hydrogen) atoms. The smallest absolute Gasteiger partial charge is 0.227 e. The van der Waals surface area contributed by atoms with Crippen molar-refractivity contribution in [2.75, 3.05) is 23.3 Å². The molecule has 0 spiro atoms. The first kappa shape index (κ1) is 20.3. The van der Waals surface area contributed by atoms with Crippen LogP contribution in [0.4, 0.5) is 11.4 Å². The van der Waals surface area contributed by atoms with Crippen LogP contribution in [0.2, 0.25) is 0 Å². The fourth-order valence-corrected chi connectivity index (χ4v) is 4.15. The number of hydrogen-bond acceptors (Lipinski definition) is 3. The maximum Gasteiger partial charge on any atom is 0.227 e. The fourth-order valence-electron chi connectivity index (χ4n) is 3.96. The van der Waals surface area contributed by atoms with E-state index in [-0.39, 0.29) is 11.8 Å². The van der Waals surface area contributed by atoms with Crippen LogP contribution in [0.1, 0.15) is 36.8 Å². The van der Waals surface area contributed by atoms with Gasteiger partial charge in [0.15, 0.2) is 5.11 Å². The zero-order chi connectivity index (χ0) is 20.9.